The van der Waals surface area contributed by atoms with Crippen LogP contribution in [0.25, 0.3) is 11.3 Å². The minimum absolute atomic E-state index is 0.0318. The second-order valence-corrected chi connectivity index (χ2v) is 9.58. The summed E-state index contributed by atoms with van der Waals surface area (Å²) in [5, 5.41) is 22.0. The third-order valence-electron chi connectivity index (χ3n) is 5.75. The van der Waals surface area contributed by atoms with E-state index in [1.54, 1.807) is 22.8 Å². The van der Waals surface area contributed by atoms with Gasteiger partial charge in [-0.3, -0.25) is 9.59 Å². The summed E-state index contributed by atoms with van der Waals surface area (Å²) in [5.74, 6) is 0.473. The van der Waals surface area contributed by atoms with E-state index in [9.17, 15) is 14.7 Å². The Hall–Kier alpha value is -3.20. The van der Waals surface area contributed by atoms with Crippen LogP contribution in [0.3, 0.4) is 0 Å². The van der Waals surface area contributed by atoms with E-state index in [1.807, 2.05) is 44.3 Å². The minimum atomic E-state index is -0.282. The van der Waals surface area contributed by atoms with Gasteiger partial charge < -0.3 is 24.8 Å². The Bertz CT molecular complexity index is 1210. The van der Waals surface area contributed by atoms with Crippen molar-refractivity contribution < 1.29 is 24.5 Å². The molecule has 1 unspecified atom stereocenters. The monoisotopic (exact) mass is 527 g/mol. The third-order valence-corrected chi connectivity index (χ3v) is 6.05. The van der Waals surface area contributed by atoms with Gasteiger partial charge in [0.05, 0.1) is 16.8 Å². The summed E-state index contributed by atoms with van der Waals surface area (Å²) >= 11 is 6.28. The van der Waals surface area contributed by atoms with Crippen LogP contribution < -0.4 is 10.1 Å². The van der Waals surface area contributed by atoms with Crippen LogP contribution in [-0.2, 0) is 13.0 Å². The molecule has 9 heteroatoms. The molecule has 0 bridgehead atoms. The molecule has 3 aromatic rings. The van der Waals surface area contributed by atoms with Gasteiger partial charge in [0.1, 0.15) is 5.75 Å². The maximum atomic E-state index is 12.9. The molecule has 0 aliphatic heterocycles. The highest BCUT2D eigenvalue weighted by Crippen LogP contribution is 2.27. The van der Waals surface area contributed by atoms with E-state index in [2.05, 4.69) is 10.3 Å². The number of halogens is 1. The Morgan fingerprint density at radius 3 is 2.43 bits per heavy atom. The van der Waals surface area contributed by atoms with Crippen LogP contribution in [0.15, 0.2) is 48.7 Å². The average Bonchev–Trinajstić information content (AvgIpc) is 3.29. The molecular weight excluding hydrogens is 494 g/mol. The molecular formula is C28H34ClN3O5. The van der Waals surface area contributed by atoms with Crippen molar-refractivity contribution in [2.75, 3.05) is 13.2 Å². The van der Waals surface area contributed by atoms with Gasteiger partial charge in [-0.1, -0.05) is 35.9 Å². The molecule has 2 aromatic carbocycles. The quantitative estimate of drug-likeness (QED) is 0.286. The molecule has 37 heavy (non-hydrogen) atoms. The van der Waals surface area contributed by atoms with Crippen molar-refractivity contribution in [3.05, 3.63) is 70.6 Å². The number of aliphatic hydroxyl groups is 2. The Kier molecular flexibility index (Phi) is 10.3. The summed E-state index contributed by atoms with van der Waals surface area (Å²) in [6.45, 7) is 5.76. The highest BCUT2D eigenvalue weighted by Gasteiger charge is 2.17. The van der Waals surface area contributed by atoms with Crippen molar-refractivity contribution in [2.45, 2.75) is 58.7 Å². The van der Waals surface area contributed by atoms with Crippen LogP contribution in [0.2, 0.25) is 5.02 Å². The highest BCUT2D eigenvalue weighted by atomic mass is 35.5. The molecule has 198 valence electrons. The van der Waals surface area contributed by atoms with Gasteiger partial charge in [-0.15, -0.1) is 0 Å². The number of hydrogen-bond acceptors (Lipinski definition) is 6. The van der Waals surface area contributed by atoms with E-state index in [0.29, 0.717) is 53.7 Å². The molecule has 8 nitrogen and oxygen atoms in total. The van der Waals surface area contributed by atoms with Gasteiger partial charge in [0.25, 0.3) is 5.91 Å². The summed E-state index contributed by atoms with van der Waals surface area (Å²) in [4.78, 5) is 29.3. The lowest BCUT2D eigenvalue weighted by atomic mass is 10.0. The Morgan fingerprint density at radius 1 is 1.11 bits per heavy atom. The van der Waals surface area contributed by atoms with Crippen molar-refractivity contribution in [3.8, 4) is 17.0 Å². The summed E-state index contributed by atoms with van der Waals surface area (Å²) in [6, 6.07) is 12.4. The summed E-state index contributed by atoms with van der Waals surface area (Å²) in [7, 11) is 0. The first-order chi connectivity index (χ1) is 17.7. The molecule has 0 saturated carbocycles. The van der Waals surface area contributed by atoms with Gasteiger partial charge in [-0.2, -0.15) is 0 Å². The SMILES string of the molecule is CC(=O)c1nc(-c2ccc(CC(CCO)NC(=O)c3ccc(OC(C)C)c(Cl)c3)cc2)cn1CCCO. The lowest BCUT2D eigenvalue weighted by Crippen LogP contribution is -2.37. The largest absolute Gasteiger partial charge is 0.489 e. The molecule has 0 fully saturated rings. The van der Waals surface area contributed by atoms with E-state index in [1.165, 1.54) is 6.92 Å². The fourth-order valence-electron chi connectivity index (χ4n) is 3.99. The maximum Gasteiger partial charge on any atom is 0.251 e. The first-order valence-corrected chi connectivity index (χ1v) is 12.8. The number of ether oxygens (including phenoxy) is 1. The number of nitrogens with zero attached hydrogens (tertiary/aromatic N) is 2. The van der Waals surface area contributed by atoms with E-state index in [4.69, 9.17) is 21.4 Å². The van der Waals surface area contributed by atoms with Crippen molar-refractivity contribution >= 4 is 23.3 Å². The number of hydrogen-bond donors (Lipinski definition) is 3. The fourth-order valence-corrected chi connectivity index (χ4v) is 4.21. The predicted molar refractivity (Wildman–Crippen MR) is 143 cm³/mol. The Balaban J connectivity index is 1.70. The number of benzene rings is 2. The van der Waals surface area contributed by atoms with Gasteiger partial charge in [-0.25, -0.2) is 4.98 Å². The number of aliphatic hydroxyl groups excluding tert-OH is 2. The number of amides is 1. The number of nitrogens with one attached hydrogen (secondary N) is 1. The number of carbonyl (C=O) groups is 2. The zero-order chi connectivity index (χ0) is 26.9. The van der Waals surface area contributed by atoms with Gasteiger partial charge >= 0.3 is 0 Å². The molecule has 0 saturated heterocycles. The first-order valence-electron chi connectivity index (χ1n) is 12.4. The normalized spacial score (nSPS) is 12.0. The number of ketones is 1. The molecule has 1 amide bonds. The van der Waals surface area contributed by atoms with Gasteiger partial charge in [0.15, 0.2) is 11.6 Å². The smallest absolute Gasteiger partial charge is 0.251 e. The topological polar surface area (TPSA) is 114 Å². The number of rotatable bonds is 13. The van der Waals surface area contributed by atoms with E-state index >= 15 is 0 Å². The average molecular weight is 528 g/mol. The second kappa shape index (κ2) is 13.4. The first kappa shape index (κ1) is 28.4. The second-order valence-electron chi connectivity index (χ2n) is 9.17. The predicted octanol–water partition coefficient (Wildman–Crippen LogP) is 4.30. The fraction of sp³-hybridized carbons (Fsp3) is 0.393. The minimum Gasteiger partial charge on any atom is -0.489 e. The van der Waals surface area contributed by atoms with Crippen LogP contribution >= 0.6 is 11.6 Å². The van der Waals surface area contributed by atoms with Crippen molar-refractivity contribution in [2.24, 2.45) is 0 Å². The van der Waals surface area contributed by atoms with Crippen molar-refractivity contribution in [3.63, 3.8) is 0 Å². The standard InChI is InChI=1S/C28H34ClN3O5/c1-18(2)37-26-10-9-22(16-24(26)29)28(36)30-23(11-14-34)15-20-5-7-21(8-6-20)25-17-32(12-4-13-33)27(31-25)19(3)35/h5-10,16-18,23,33-34H,4,11-15H2,1-3H3,(H,30,36). The summed E-state index contributed by atoms with van der Waals surface area (Å²) < 4.78 is 7.39. The molecule has 1 aromatic heterocycles. The third kappa shape index (κ3) is 7.89. The van der Waals surface area contributed by atoms with Crippen LogP contribution in [-0.4, -0.2) is 56.8 Å². The Labute approximate surface area is 222 Å². The molecule has 0 spiro atoms. The molecule has 1 atom stereocenters. The van der Waals surface area contributed by atoms with Gasteiger partial charge in [0.2, 0.25) is 0 Å². The van der Waals surface area contributed by atoms with Gasteiger partial charge in [0, 0.05) is 50.0 Å². The maximum absolute atomic E-state index is 12.9. The van der Waals surface area contributed by atoms with Gasteiger partial charge in [-0.05, 0) is 56.9 Å². The lowest BCUT2D eigenvalue weighted by Gasteiger charge is -2.19. The molecule has 1 heterocycles. The molecule has 0 aliphatic carbocycles. The van der Waals surface area contributed by atoms with Crippen LogP contribution in [0.4, 0.5) is 0 Å². The Morgan fingerprint density at radius 2 is 1.84 bits per heavy atom. The van der Waals surface area contributed by atoms with Crippen molar-refractivity contribution in [1.82, 2.24) is 14.9 Å². The number of aromatic nitrogens is 2. The molecule has 3 N–H and O–H groups in total. The van der Waals surface area contributed by atoms with Crippen molar-refractivity contribution in [1.29, 1.82) is 0 Å². The van der Waals surface area contributed by atoms with Crippen LogP contribution in [0, 0.1) is 0 Å². The highest BCUT2D eigenvalue weighted by molar-refractivity contribution is 6.32. The number of carbonyl (C=O) groups excluding carboxylic acids is 2. The lowest BCUT2D eigenvalue weighted by molar-refractivity contribution is 0.0929. The molecule has 0 aliphatic rings. The summed E-state index contributed by atoms with van der Waals surface area (Å²) in [6.07, 6.45) is 3.25. The van der Waals surface area contributed by atoms with E-state index < -0.39 is 0 Å². The molecule has 0 radical (unpaired) electrons. The number of aryl methyl sites for hydroxylation is 1. The zero-order valence-corrected chi connectivity index (χ0v) is 22.2. The van der Waals surface area contributed by atoms with Crippen LogP contribution in [0.1, 0.15) is 60.2 Å². The van der Waals surface area contributed by atoms with E-state index in [0.717, 1.165) is 11.1 Å². The van der Waals surface area contributed by atoms with E-state index in [-0.39, 0.29) is 37.0 Å². The number of imidazole rings is 1. The van der Waals surface area contributed by atoms with Crippen LogP contribution in [0.5, 0.6) is 5.75 Å². The number of Topliss-reactive ketones (excluding diaryl/α,β-unsaturated/α-hetero) is 1. The molecule has 3 rings (SSSR count). The summed E-state index contributed by atoms with van der Waals surface area (Å²) in [5.41, 5.74) is 2.93. The zero-order valence-electron chi connectivity index (χ0n) is 21.4.